The number of nitrogens with zero attached hydrogens (tertiary/aromatic N) is 2. The Hall–Kier alpha value is -2.22. The summed E-state index contributed by atoms with van der Waals surface area (Å²) in [5.74, 6) is -0.170. The Bertz CT molecular complexity index is 935. The molecule has 1 aliphatic heterocycles. The van der Waals surface area contributed by atoms with Crippen LogP contribution in [0.3, 0.4) is 0 Å². The summed E-state index contributed by atoms with van der Waals surface area (Å²) < 4.78 is 27.4. The topological polar surface area (TPSA) is 69.7 Å². The van der Waals surface area contributed by atoms with E-state index in [4.69, 9.17) is 0 Å². The molecule has 0 saturated carbocycles. The SMILES string of the molecule is CCN1CCN(S(=O)(=O)c2cccc(NC(=O)Cc3cccc(C)c3)c2)CC1. The number of hydrogen-bond donors (Lipinski definition) is 1. The summed E-state index contributed by atoms with van der Waals surface area (Å²) in [5, 5.41) is 2.81. The van der Waals surface area contributed by atoms with Crippen LogP contribution < -0.4 is 5.32 Å². The van der Waals surface area contributed by atoms with E-state index in [1.165, 1.54) is 10.4 Å². The van der Waals surface area contributed by atoms with E-state index < -0.39 is 10.0 Å². The highest BCUT2D eigenvalue weighted by atomic mass is 32.2. The Morgan fingerprint density at radius 1 is 1.04 bits per heavy atom. The summed E-state index contributed by atoms with van der Waals surface area (Å²) in [4.78, 5) is 14.8. The number of carbonyl (C=O) groups is 1. The highest BCUT2D eigenvalue weighted by Crippen LogP contribution is 2.21. The summed E-state index contributed by atoms with van der Waals surface area (Å²) in [6.45, 7) is 7.44. The number of carbonyl (C=O) groups excluding carboxylic acids is 1. The quantitative estimate of drug-likeness (QED) is 0.807. The van der Waals surface area contributed by atoms with Crippen LogP contribution in [0.25, 0.3) is 0 Å². The van der Waals surface area contributed by atoms with Gasteiger partial charge in [-0.15, -0.1) is 0 Å². The molecule has 0 atom stereocenters. The maximum absolute atomic E-state index is 12.9. The molecule has 1 saturated heterocycles. The summed E-state index contributed by atoms with van der Waals surface area (Å²) in [5.41, 5.74) is 2.52. The van der Waals surface area contributed by atoms with Crippen LogP contribution in [0.5, 0.6) is 0 Å². The maximum Gasteiger partial charge on any atom is 0.243 e. The molecule has 0 unspecified atom stereocenters. The smallest absolute Gasteiger partial charge is 0.243 e. The van der Waals surface area contributed by atoms with Crippen molar-refractivity contribution in [2.75, 3.05) is 38.0 Å². The molecule has 1 aliphatic rings. The molecular weight excluding hydrogens is 374 g/mol. The van der Waals surface area contributed by atoms with Crippen LogP contribution in [0.4, 0.5) is 5.69 Å². The Kier molecular flexibility index (Phi) is 6.49. The number of amides is 1. The molecule has 0 radical (unpaired) electrons. The van der Waals surface area contributed by atoms with E-state index in [9.17, 15) is 13.2 Å². The lowest BCUT2D eigenvalue weighted by atomic mass is 10.1. The Morgan fingerprint density at radius 2 is 1.75 bits per heavy atom. The van der Waals surface area contributed by atoms with Crippen LogP contribution in [-0.4, -0.2) is 56.3 Å². The molecule has 28 heavy (non-hydrogen) atoms. The Morgan fingerprint density at radius 3 is 2.43 bits per heavy atom. The second-order valence-corrected chi connectivity index (χ2v) is 9.02. The van der Waals surface area contributed by atoms with E-state index in [-0.39, 0.29) is 17.2 Å². The van der Waals surface area contributed by atoms with Crippen molar-refractivity contribution in [2.45, 2.75) is 25.2 Å². The van der Waals surface area contributed by atoms with Gasteiger partial charge in [0.15, 0.2) is 0 Å². The number of anilines is 1. The number of likely N-dealkylation sites (N-methyl/N-ethyl adjacent to an activating group) is 1. The predicted molar refractivity (Wildman–Crippen MR) is 111 cm³/mol. The molecule has 150 valence electrons. The molecule has 1 fully saturated rings. The van der Waals surface area contributed by atoms with Gasteiger partial charge in [-0.3, -0.25) is 4.79 Å². The molecule has 1 N–H and O–H groups in total. The van der Waals surface area contributed by atoms with Gasteiger partial charge in [-0.2, -0.15) is 4.31 Å². The van der Waals surface area contributed by atoms with Crippen LogP contribution in [-0.2, 0) is 21.2 Å². The summed E-state index contributed by atoms with van der Waals surface area (Å²) in [7, 11) is -3.56. The lowest BCUT2D eigenvalue weighted by Gasteiger charge is -2.33. The van der Waals surface area contributed by atoms with Crippen molar-refractivity contribution in [3.63, 3.8) is 0 Å². The first kappa shape index (κ1) is 20.5. The van der Waals surface area contributed by atoms with E-state index in [0.29, 0.717) is 18.8 Å². The van der Waals surface area contributed by atoms with Crippen molar-refractivity contribution in [3.05, 3.63) is 59.7 Å². The van der Waals surface area contributed by atoms with Gasteiger partial charge in [0.2, 0.25) is 15.9 Å². The lowest BCUT2D eigenvalue weighted by Crippen LogP contribution is -2.48. The van der Waals surface area contributed by atoms with Gasteiger partial charge in [0.25, 0.3) is 0 Å². The average Bonchev–Trinajstić information content (AvgIpc) is 2.68. The summed E-state index contributed by atoms with van der Waals surface area (Å²) >= 11 is 0. The van der Waals surface area contributed by atoms with Gasteiger partial charge >= 0.3 is 0 Å². The van der Waals surface area contributed by atoms with E-state index in [1.807, 2.05) is 31.2 Å². The third-order valence-electron chi connectivity index (χ3n) is 4.98. The molecule has 0 spiro atoms. The number of benzene rings is 2. The van der Waals surface area contributed by atoms with Gasteiger partial charge in [-0.25, -0.2) is 8.42 Å². The molecule has 2 aromatic carbocycles. The lowest BCUT2D eigenvalue weighted by molar-refractivity contribution is -0.115. The number of hydrogen-bond acceptors (Lipinski definition) is 4. The standard InChI is InChI=1S/C21H27N3O3S/c1-3-23-10-12-24(13-11-23)28(26,27)20-9-5-8-19(16-20)22-21(25)15-18-7-4-6-17(2)14-18/h4-9,14,16H,3,10-13,15H2,1-2H3,(H,22,25). The van der Waals surface area contributed by atoms with Crippen LogP contribution in [0.2, 0.25) is 0 Å². The van der Waals surface area contributed by atoms with Crippen LogP contribution in [0, 0.1) is 6.92 Å². The monoisotopic (exact) mass is 401 g/mol. The first-order chi connectivity index (χ1) is 13.4. The number of piperazine rings is 1. The van der Waals surface area contributed by atoms with Crippen molar-refractivity contribution >= 4 is 21.6 Å². The van der Waals surface area contributed by atoms with Gasteiger partial charge < -0.3 is 10.2 Å². The number of rotatable bonds is 6. The fraction of sp³-hybridized carbons (Fsp3) is 0.381. The zero-order valence-electron chi connectivity index (χ0n) is 16.4. The second kappa shape index (κ2) is 8.86. The minimum absolute atomic E-state index is 0.170. The molecule has 6 nitrogen and oxygen atoms in total. The van der Waals surface area contributed by atoms with Crippen LogP contribution in [0.15, 0.2) is 53.4 Å². The molecule has 7 heteroatoms. The van der Waals surface area contributed by atoms with E-state index in [2.05, 4.69) is 17.1 Å². The minimum atomic E-state index is -3.56. The van der Waals surface area contributed by atoms with Crippen molar-refractivity contribution in [1.29, 1.82) is 0 Å². The van der Waals surface area contributed by atoms with Gasteiger partial charge in [-0.1, -0.05) is 42.8 Å². The fourth-order valence-electron chi connectivity index (χ4n) is 3.38. The van der Waals surface area contributed by atoms with Gasteiger partial charge in [-0.05, 0) is 37.2 Å². The Balaban J connectivity index is 1.68. The molecular formula is C21H27N3O3S. The van der Waals surface area contributed by atoms with Crippen molar-refractivity contribution in [3.8, 4) is 0 Å². The minimum Gasteiger partial charge on any atom is -0.326 e. The molecule has 1 amide bonds. The number of sulfonamides is 1. The van der Waals surface area contributed by atoms with E-state index >= 15 is 0 Å². The number of nitrogens with one attached hydrogen (secondary N) is 1. The fourth-order valence-corrected chi connectivity index (χ4v) is 4.85. The third-order valence-corrected chi connectivity index (χ3v) is 6.88. The van der Waals surface area contributed by atoms with Crippen LogP contribution >= 0.6 is 0 Å². The largest absolute Gasteiger partial charge is 0.326 e. The molecule has 0 bridgehead atoms. The van der Waals surface area contributed by atoms with Crippen molar-refractivity contribution in [2.24, 2.45) is 0 Å². The Labute approximate surface area is 167 Å². The first-order valence-electron chi connectivity index (χ1n) is 9.56. The van der Waals surface area contributed by atoms with Crippen molar-refractivity contribution in [1.82, 2.24) is 9.21 Å². The summed E-state index contributed by atoms with van der Waals surface area (Å²) in [6.07, 6.45) is 0.248. The average molecular weight is 402 g/mol. The first-order valence-corrected chi connectivity index (χ1v) is 11.0. The van der Waals surface area contributed by atoms with Gasteiger partial charge in [0.05, 0.1) is 11.3 Å². The third kappa shape index (κ3) is 4.98. The molecule has 0 aliphatic carbocycles. The normalized spacial score (nSPS) is 16.1. The predicted octanol–water partition coefficient (Wildman–Crippen LogP) is 2.50. The zero-order chi connectivity index (χ0) is 20.1. The highest BCUT2D eigenvalue weighted by molar-refractivity contribution is 7.89. The zero-order valence-corrected chi connectivity index (χ0v) is 17.2. The number of aryl methyl sites for hydroxylation is 1. The van der Waals surface area contributed by atoms with E-state index in [1.54, 1.807) is 18.2 Å². The van der Waals surface area contributed by atoms with Gasteiger partial charge in [0.1, 0.15) is 0 Å². The molecule has 2 aromatic rings. The molecule has 1 heterocycles. The van der Waals surface area contributed by atoms with E-state index in [0.717, 1.165) is 30.8 Å². The van der Waals surface area contributed by atoms with Crippen LogP contribution in [0.1, 0.15) is 18.1 Å². The molecule has 3 rings (SSSR count). The summed E-state index contributed by atoms with van der Waals surface area (Å²) in [6, 6.07) is 14.3. The van der Waals surface area contributed by atoms with Gasteiger partial charge in [0, 0.05) is 31.9 Å². The second-order valence-electron chi connectivity index (χ2n) is 7.08. The molecule has 0 aromatic heterocycles. The maximum atomic E-state index is 12.9. The highest BCUT2D eigenvalue weighted by Gasteiger charge is 2.28. The van der Waals surface area contributed by atoms with Crippen molar-refractivity contribution < 1.29 is 13.2 Å².